The van der Waals surface area contributed by atoms with Crippen LogP contribution in [0.15, 0.2) is 48.5 Å². The van der Waals surface area contributed by atoms with Crippen LogP contribution in [0.2, 0.25) is 0 Å². The summed E-state index contributed by atoms with van der Waals surface area (Å²) in [5.74, 6) is 3.20. The van der Waals surface area contributed by atoms with Crippen LogP contribution in [0.5, 0.6) is 0 Å². The van der Waals surface area contributed by atoms with Gasteiger partial charge in [-0.2, -0.15) is 0 Å². The molecule has 146 valence electrons. The Morgan fingerprint density at radius 1 is 1.18 bits per heavy atom. The Morgan fingerprint density at radius 2 is 1.89 bits per heavy atom. The van der Waals surface area contributed by atoms with Crippen molar-refractivity contribution in [3.05, 3.63) is 65.2 Å². The summed E-state index contributed by atoms with van der Waals surface area (Å²) in [6, 6.07) is 16.2. The van der Waals surface area contributed by atoms with Gasteiger partial charge in [0, 0.05) is 37.3 Å². The molecule has 28 heavy (non-hydrogen) atoms. The van der Waals surface area contributed by atoms with Gasteiger partial charge in [-0.3, -0.25) is 9.69 Å². The van der Waals surface area contributed by atoms with Crippen molar-refractivity contribution in [2.24, 2.45) is 5.92 Å². The number of piperidine rings is 1. The lowest BCUT2D eigenvalue weighted by molar-refractivity contribution is -0.144. The Labute approximate surface area is 167 Å². The van der Waals surface area contributed by atoms with Crippen LogP contribution in [0, 0.1) is 18.3 Å². The molecule has 0 spiro atoms. The fourth-order valence-electron chi connectivity index (χ4n) is 4.01. The van der Waals surface area contributed by atoms with Crippen LogP contribution >= 0.6 is 0 Å². The average molecular weight is 377 g/mol. The maximum atomic E-state index is 12.1. The zero-order valence-electron chi connectivity index (χ0n) is 16.4. The number of terminal acetylenes is 1. The normalized spacial score (nSPS) is 19.7. The molecule has 2 aromatic carbocycles. The minimum Gasteiger partial charge on any atom is -0.466 e. The highest BCUT2D eigenvalue weighted by Gasteiger charge is 2.30. The van der Waals surface area contributed by atoms with Gasteiger partial charge in [0.25, 0.3) is 0 Å². The second-order valence-corrected chi connectivity index (χ2v) is 7.51. The molecule has 0 saturated carbocycles. The Kier molecular flexibility index (Phi) is 6.73. The van der Waals surface area contributed by atoms with E-state index in [1.165, 1.54) is 11.1 Å². The molecular formula is C24H28N2O2. The topological polar surface area (TPSA) is 55.6 Å². The third-order valence-corrected chi connectivity index (χ3v) is 5.31. The van der Waals surface area contributed by atoms with Crippen molar-refractivity contribution < 1.29 is 9.53 Å². The minimum atomic E-state index is -0.108. The highest BCUT2D eigenvalue weighted by atomic mass is 16.5. The molecule has 4 heteroatoms. The summed E-state index contributed by atoms with van der Waals surface area (Å²) in [5.41, 5.74) is 10.0. The molecule has 2 N–H and O–H groups in total. The van der Waals surface area contributed by atoms with E-state index in [4.69, 9.17) is 16.9 Å². The van der Waals surface area contributed by atoms with Crippen LogP contribution in [-0.2, 0) is 16.1 Å². The number of benzene rings is 2. The van der Waals surface area contributed by atoms with Gasteiger partial charge in [-0.15, -0.1) is 6.42 Å². The number of nitrogens with two attached hydrogens (primary N) is 1. The first-order chi connectivity index (χ1) is 13.6. The zero-order chi connectivity index (χ0) is 19.9. The number of likely N-dealkylation sites (tertiary alicyclic amines) is 1. The van der Waals surface area contributed by atoms with Crippen LogP contribution in [0.25, 0.3) is 0 Å². The molecule has 3 rings (SSSR count). The minimum absolute atomic E-state index is 0.108. The molecule has 1 aliphatic heterocycles. The predicted octanol–water partition coefficient (Wildman–Crippen LogP) is 3.81. The Bertz CT molecular complexity index is 821. The maximum absolute atomic E-state index is 12.1. The molecule has 1 saturated heterocycles. The number of anilines is 1. The van der Waals surface area contributed by atoms with E-state index in [9.17, 15) is 4.79 Å². The molecule has 1 aliphatic rings. The van der Waals surface area contributed by atoms with Crippen molar-refractivity contribution in [3.8, 4) is 12.3 Å². The van der Waals surface area contributed by atoms with Crippen LogP contribution in [0.3, 0.4) is 0 Å². The van der Waals surface area contributed by atoms with Gasteiger partial charge in [0.2, 0.25) is 0 Å². The van der Waals surface area contributed by atoms with Crippen molar-refractivity contribution >= 4 is 11.7 Å². The number of nitrogen functional groups attached to an aromatic ring is 1. The van der Waals surface area contributed by atoms with Gasteiger partial charge in [0.15, 0.2) is 0 Å². The Balaban J connectivity index is 1.74. The lowest BCUT2D eigenvalue weighted by atomic mass is 9.83. The monoisotopic (exact) mass is 376 g/mol. The van der Waals surface area contributed by atoms with Crippen LogP contribution < -0.4 is 5.73 Å². The number of hydrogen-bond acceptors (Lipinski definition) is 4. The summed E-state index contributed by atoms with van der Waals surface area (Å²) in [7, 11) is 0. The third kappa shape index (κ3) is 5.37. The first-order valence-corrected chi connectivity index (χ1v) is 9.86. The Hall–Kier alpha value is -2.77. The van der Waals surface area contributed by atoms with Gasteiger partial charge >= 0.3 is 5.97 Å². The van der Waals surface area contributed by atoms with Gasteiger partial charge in [-0.25, -0.2) is 0 Å². The molecule has 0 bridgehead atoms. The van der Waals surface area contributed by atoms with Gasteiger partial charge in [0.1, 0.15) is 0 Å². The molecule has 0 radical (unpaired) electrons. The van der Waals surface area contributed by atoms with Crippen molar-refractivity contribution in [3.63, 3.8) is 0 Å². The van der Waals surface area contributed by atoms with Gasteiger partial charge < -0.3 is 10.5 Å². The molecule has 1 heterocycles. The number of hydrogen-bond donors (Lipinski definition) is 1. The molecule has 0 aliphatic carbocycles. The quantitative estimate of drug-likeness (QED) is 0.473. The van der Waals surface area contributed by atoms with Crippen LogP contribution in [0.1, 0.15) is 42.4 Å². The smallest absolute Gasteiger partial charge is 0.306 e. The van der Waals surface area contributed by atoms with E-state index in [1.807, 2.05) is 31.2 Å². The Morgan fingerprint density at radius 3 is 2.54 bits per heavy atom. The lowest BCUT2D eigenvalue weighted by Gasteiger charge is -2.38. The molecule has 2 aromatic rings. The third-order valence-electron chi connectivity index (χ3n) is 5.31. The van der Waals surface area contributed by atoms with E-state index < -0.39 is 0 Å². The van der Waals surface area contributed by atoms with E-state index in [1.54, 1.807) is 0 Å². The van der Waals surface area contributed by atoms with Gasteiger partial charge in [-0.05, 0) is 60.6 Å². The summed E-state index contributed by atoms with van der Waals surface area (Å²) in [6.07, 6.45) is 6.90. The van der Waals surface area contributed by atoms with Gasteiger partial charge in [-0.1, -0.05) is 30.2 Å². The predicted molar refractivity (Wildman–Crippen MR) is 113 cm³/mol. The summed E-state index contributed by atoms with van der Waals surface area (Å²) < 4.78 is 5.19. The van der Waals surface area contributed by atoms with Crippen LogP contribution in [-0.4, -0.2) is 30.6 Å². The molecule has 4 nitrogen and oxygen atoms in total. The SMILES string of the molecule is C#Cc1ccc(CN2CC(CC(=O)OCC)CC(c3ccc(N)cc3)C2)cc1. The van der Waals surface area contributed by atoms with Gasteiger partial charge in [0.05, 0.1) is 6.61 Å². The van der Waals surface area contributed by atoms with E-state index in [0.717, 1.165) is 37.3 Å². The number of carbonyl (C=O) groups is 1. The van der Waals surface area contributed by atoms with Crippen molar-refractivity contribution in [1.29, 1.82) is 0 Å². The molecule has 0 amide bonds. The fraction of sp³-hybridized carbons (Fsp3) is 0.375. The molecule has 2 atom stereocenters. The highest BCUT2D eigenvalue weighted by Crippen LogP contribution is 2.33. The number of esters is 1. The molecule has 0 aromatic heterocycles. The largest absolute Gasteiger partial charge is 0.466 e. The van der Waals surface area contributed by atoms with Crippen molar-refractivity contribution in [2.75, 3.05) is 25.4 Å². The maximum Gasteiger partial charge on any atom is 0.306 e. The number of carbonyl (C=O) groups excluding carboxylic acids is 1. The van der Waals surface area contributed by atoms with E-state index >= 15 is 0 Å². The average Bonchev–Trinajstić information content (AvgIpc) is 2.69. The summed E-state index contributed by atoms with van der Waals surface area (Å²) in [6.45, 7) is 4.97. The molecule has 2 unspecified atom stereocenters. The molecular weight excluding hydrogens is 348 g/mol. The lowest BCUT2D eigenvalue weighted by Crippen LogP contribution is -2.40. The summed E-state index contributed by atoms with van der Waals surface area (Å²) >= 11 is 0. The number of rotatable bonds is 6. The van der Waals surface area contributed by atoms with E-state index in [-0.39, 0.29) is 11.9 Å². The van der Waals surface area contributed by atoms with E-state index in [2.05, 4.69) is 35.1 Å². The second kappa shape index (κ2) is 9.43. The molecule has 1 fully saturated rings. The standard InChI is InChI=1S/C24H28N2O2/c1-3-18-5-7-19(8-6-18)15-26-16-20(14-24(27)28-4-2)13-22(17-26)21-9-11-23(25)12-10-21/h1,5-12,20,22H,4,13-17,25H2,2H3. The number of nitrogens with zero attached hydrogens (tertiary/aromatic N) is 1. The summed E-state index contributed by atoms with van der Waals surface area (Å²) in [5, 5.41) is 0. The van der Waals surface area contributed by atoms with Crippen molar-refractivity contribution in [1.82, 2.24) is 4.90 Å². The number of ether oxygens (including phenoxy) is 1. The first-order valence-electron chi connectivity index (χ1n) is 9.86. The van der Waals surface area contributed by atoms with E-state index in [0.29, 0.717) is 18.9 Å². The first kappa shape index (κ1) is 20.0. The van der Waals surface area contributed by atoms with Crippen molar-refractivity contribution in [2.45, 2.75) is 32.2 Å². The highest BCUT2D eigenvalue weighted by molar-refractivity contribution is 5.69. The fourth-order valence-corrected chi connectivity index (χ4v) is 4.01. The van der Waals surface area contributed by atoms with Crippen LogP contribution in [0.4, 0.5) is 5.69 Å². The summed E-state index contributed by atoms with van der Waals surface area (Å²) in [4.78, 5) is 14.5. The second-order valence-electron chi connectivity index (χ2n) is 7.51. The zero-order valence-corrected chi connectivity index (χ0v) is 16.4.